The summed E-state index contributed by atoms with van der Waals surface area (Å²) in [6.07, 6.45) is 2.30. The van der Waals surface area contributed by atoms with Gasteiger partial charge in [-0.2, -0.15) is 0 Å². The van der Waals surface area contributed by atoms with Gasteiger partial charge in [0.05, 0.1) is 16.2 Å². The van der Waals surface area contributed by atoms with Gasteiger partial charge in [0.15, 0.2) is 0 Å². The van der Waals surface area contributed by atoms with Crippen LogP contribution < -0.4 is 10.2 Å². The summed E-state index contributed by atoms with van der Waals surface area (Å²) in [7, 11) is 1.52. The number of rotatable bonds is 6. The lowest BCUT2D eigenvalue weighted by Crippen LogP contribution is -2.49. The molecule has 2 saturated heterocycles. The minimum Gasteiger partial charge on any atom is -0.371 e. The van der Waals surface area contributed by atoms with Gasteiger partial charge in [0.1, 0.15) is 0 Å². The molecule has 0 atom stereocenters. The molecule has 0 radical (unpaired) electrons. The van der Waals surface area contributed by atoms with E-state index in [1.165, 1.54) is 19.2 Å². The zero-order valence-electron chi connectivity index (χ0n) is 17.8. The Bertz CT molecular complexity index is 784. The number of nitrogens with zero attached hydrogens (tertiary/aromatic N) is 4. The molecule has 0 bridgehead atoms. The molecular weight excluding hydrogens is 386 g/mol. The van der Waals surface area contributed by atoms with E-state index in [-0.39, 0.29) is 17.5 Å². The Hall–Kier alpha value is -2.68. The molecule has 2 heterocycles. The molecule has 2 aliphatic rings. The normalized spacial score (nSPS) is 18.3. The maximum absolute atomic E-state index is 12.7. The molecule has 164 valence electrons. The predicted octanol–water partition coefficient (Wildman–Crippen LogP) is 1.72. The van der Waals surface area contributed by atoms with Gasteiger partial charge in [-0.05, 0) is 31.4 Å². The van der Waals surface area contributed by atoms with Gasteiger partial charge >= 0.3 is 0 Å². The molecule has 9 heteroatoms. The Morgan fingerprint density at radius 2 is 1.80 bits per heavy atom. The zero-order chi connectivity index (χ0) is 21.7. The first-order chi connectivity index (χ1) is 14.4. The summed E-state index contributed by atoms with van der Waals surface area (Å²) < 4.78 is 0. The first-order valence-electron chi connectivity index (χ1n) is 10.7. The number of nitrogens with one attached hydrogen (secondary N) is 1. The van der Waals surface area contributed by atoms with Crippen LogP contribution in [0.1, 0.15) is 36.5 Å². The van der Waals surface area contributed by atoms with Gasteiger partial charge in [-0.25, -0.2) is 0 Å². The number of carbonyl (C=O) groups is 2. The van der Waals surface area contributed by atoms with Crippen molar-refractivity contribution in [3.63, 3.8) is 0 Å². The van der Waals surface area contributed by atoms with Crippen molar-refractivity contribution in [1.29, 1.82) is 0 Å². The molecule has 1 aromatic carbocycles. The summed E-state index contributed by atoms with van der Waals surface area (Å²) in [5.74, 6) is 0.238. The highest BCUT2D eigenvalue weighted by Gasteiger charge is 2.28. The fourth-order valence-electron chi connectivity index (χ4n) is 4.30. The molecule has 2 amide bonds. The summed E-state index contributed by atoms with van der Waals surface area (Å²) in [6.45, 7) is 8.14. The number of non-ortho nitro benzene ring substituents is 1. The molecule has 0 spiro atoms. The first-order valence-corrected chi connectivity index (χ1v) is 10.7. The Balaban J connectivity index is 1.58. The van der Waals surface area contributed by atoms with E-state index in [2.05, 4.69) is 22.0 Å². The molecular formula is C21H31N5O4. The van der Waals surface area contributed by atoms with Crippen molar-refractivity contribution in [3.8, 4) is 0 Å². The van der Waals surface area contributed by atoms with Crippen LogP contribution in [-0.2, 0) is 4.79 Å². The van der Waals surface area contributed by atoms with Gasteiger partial charge in [-0.1, -0.05) is 6.92 Å². The van der Waals surface area contributed by atoms with Crippen LogP contribution in [-0.4, -0.2) is 79.4 Å². The number of benzene rings is 1. The predicted molar refractivity (Wildman–Crippen MR) is 115 cm³/mol. The Kier molecular flexibility index (Phi) is 7.25. The Labute approximate surface area is 177 Å². The lowest BCUT2D eigenvalue weighted by Gasteiger charge is -2.37. The summed E-state index contributed by atoms with van der Waals surface area (Å²) in [5.41, 5.74) is 0.927. The van der Waals surface area contributed by atoms with Crippen LogP contribution in [0, 0.1) is 16.0 Å². The highest BCUT2D eigenvalue weighted by atomic mass is 16.6. The van der Waals surface area contributed by atoms with Gasteiger partial charge in [0.2, 0.25) is 5.91 Å². The van der Waals surface area contributed by atoms with Crippen molar-refractivity contribution in [2.45, 2.75) is 26.2 Å². The number of nitro benzene ring substituents is 1. The van der Waals surface area contributed by atoms with Gasteiger partial charge < -0.3 is 20.0 Å². The monoisotopic (exact) mass is 417 g/mol. The number of anilines is 1. The van der Waals surface area contributed by atoms with E-state index in [0.29, 0.717) is 23.6 Å². The van der Waals surface area contributed by atoms with Crippen LogP contribution in [0.3, 0.4) is 0 Å². The van der Waals surface area contributed by atoms with Crippen molar-refractivity contribution in [3.05, 3.63) is 33.9 Å². The number of piperidine rings is 1. The van der Waals surface area contributed by atoms with E-state index in [9.17, 15) is 19.7 Å². The third-order valence-corrected chi connectivity index (χ3v) is 6.25. The maximum Gasteiger partial charge on any atom is 0.270 e. The van der Waals surface area contributed by atoms with Gasteiger partial charge in [0, 0.05) is 64.9 Å². The summed E-state index contributed by atoms with van der Waals surface area (Å²) in [6, 6.07) is 4.43. The van der Waals surface area contributed by atoms with Crippen LogP contribution in [0.4, 0.5) is 11.4 Å². The lowest BCUT2D eigenvalue weighted by atomic mass is 9.92. The number of piperazine rings is 1. The highest BCUT2D eigenvalue weighted by Crippen LogP contribution is 2.30. The number of carbonyl (C=O) groups excluding carboxylic acids is 2. The van der Waals surface area contributed by atoms with E-state index in [1.807, 2.05) is 4.90 Å². The van der Waals surface area contributed by atoms with E-state index in [4.69, 9.17) is 0 Å². The molecule has 2 fully saturated rings. The molecule has 0 aliphatic carbocycles. The minimum absolute atomic E-state index is 0.0963. The fourth-order valence-corrected chi connectivity index (χ4v) is 4.30. The average Bonchev–Trinajstić information content (AvgIpc) is 2.78. The van der Waals surface area contributed by atoms with E-state index < -0.39 is 4.92 Å². The number of hydrogen-bond donors (Lipinski definition) is 1. The minimum atomic E-state index is -0.492. The van der Waals surface area contributed by atoms with Crippen LogP contribution in [0.2, 0.25) is 0 Å². The SMILES string of the molecule is CCN1CCN(C(=O)CC2CCN(c3ccc([N+](=O)[O-])cc3C(=O)NC)CC2)CC1. The molecule has 0 unspecified atom stereocenters. The van der Waals surface area contributed by atoms with Crippen molar-refractivity contribution in [2.24, 2.45) is 5.92 Å². The highest BCUT2D eigenvalue weighted by molar-refractivity contribution is 6.00. The number of nitro groups is 1. The molecule has 2 aliphatic heterocycles. The molecule has 0 aromatic heterocycles. The summed E-state index contributed by atoms with van der Waals surface area (Å²) >= 11 is 0. The molecule has 3 rings (SSSR count). The van der Waals surface area contributed by atoms with Gasteiger partial charge in [-0.3, -0.25) is 19.7 Å². The van der Waals surface area contributed by atoms with Crippen molar-refractivity contribution in [1.82, 2.24) is 15.1 Å². The Morgan fingerprint density at radius 3 is 2.37 bits per heavy atom. The molecule has 9 nitrogen and oxygen atoms in total. The fraction of sp³-hybridized carbons (Fsp3) is 0.619. The second-order valence-corrected chi connectivity index (χ2v) is 7.99. The topological polar surface area (TPSA) is 99.0 Å². The van der Waals surface area contributed by atoms with Crippen LogP contribution in [0.15, 0.2) is 18.2 Å². The van der Waals surface area contributed by atoms with Crippen LogP contribution in [0.5, 0.6) is 0 Å². The van der Waals surface area contributed by atoms with Crippen LogP contribution >= 0.6 is 0 Å². The second kappa shape index (κ2) is 9.88. The summed E-state index contributed by atoms with van der Waals surface area (Å²) in [5, 5.41) is 13.6. The van der Waals surface area contributed by atoms with Crippen molar-refractivity contribution < 1.29 is 14.5 Å². The van der Waals surface area contributed by atoms with Crippen molar-refractivity contribution >= 4 is 23.2 Å². The third-order valence-electron chi connectivity index (χ3n) is 6.25. The van der Waals surface area contributed by atoms with Gasteiger partial charge in [0.25, 0.3) is 11.6 Å². The average molecular weight is 418 g/mol. The standard InChI is InChI=1S/C21H31N5O4/c1-3-23-10-12-25(13-11-23)20(27)14-16-6-8-24(9-7-16)19-5-4-17(26(29)30)15-18(19)21(28)22-2/h4-5,15-16H,3,6-14H2,1-2H3,(H,22,28). The quantitative estimate of drug-likeness (QED) is 0.559. The molecule has 1 aromatic rings. The van der Waals surface area contributed by atoms with Crippen molar-refractivity contribution in [2.75, 3.05) is 57.8 Å². The summed E-state index contributed by atoms with van der Waals surface area (Å²) in [4.78, 5) is 42.0. The largest absolute Gasteiger partial charge is 0.371 e. The molecule has 30 heavy (non-hydrogen) atoms. The number of hydrogen-bond acceptors (Lipinski definition) is 6. The lowest BCUT2D eigenvalue weighted by molar-refractivity contribution is -0.384. The van der Waals surface area contributed by atoms with E-state index in [0.717, 1.165) is 58.7 Å². The van der Waals surface area contributed by atoms with Crippen LogP contribution in [0.25, 0.3) is 0 Å². The number of amides is 2. The van der Waals surface area contributed by atoms with E-state index >= 15 is 0 Å². The van der Waals surface area contributed by atoms with Gasteiger partial charge in [-0.15, -0.1) is 0 Å². The molecule has 1 N–H and O–H groups in total. The third kappa shape index (κ3) is 5.08. The first kappa shape index (κ1) is 22.0. The maximum atomic E-state index is 12.7. The zero-order valence-corrected chi connectivity index (χ0v) is 17.8. The molecule has 0 saturated carbocycles. The Morgan fingerprint density at radius 1 is 1.13 bits per heavy atom. The number of likely N-dealkylation sites (N-methyl/N-ethyl adjacent to an activating group) is 1. The van der Waals surface area contributed by atoms with E-state index in [1.54, 1.807) is 6.07 Å². The smallest absolute Gasteiger partial charge is 0.270 e. The second-order valence-electron chi connectivity index (χ2n) is 7.99.